The molecule has 220 valence electrons. The second kappa shape index (κ2) is 10.9. The average Bonchev–Trinajstić information content (AvgIpc) is 3.52. The Balaban J connectivity index is 1.07. The van der Waals surface area contributed by atoms with Gasteiger partial charge in [-0.25, -0.2) is 4.79 Å². The molecule has 0 saturated heterocycles. The third-order valence-electron chi connectivity index (χ3n) is 11.2. The zero-order valence-corrected chi connectivity index (χ0v) is 24.4. The number of oxime groups is 1. The Morgan fingerprint density at radius 1 is 1.12 bits per heavy atom. The molecular weight excluding hydrogens is 518 g/mol. The smallest absolute Gasteiger partial charge is 0.328 e. The second-order valence-corrected chi connectivity index (χ2v) is 13.2. The number of aliphatic hydroxyl groups excluding tert-OH is 1. The van der Waals surface area contributed by atoms with Gasteiger partial charge in [0.05, 0.1) is 18.9 Å². The van der Waals surface area contributed by atoms with Crippen LogP contribution in [0.25, 0.3) is 10.9 Å². The lowest BCUT2D eigenvalue weighted by molar-refractivity contribution is -0.145. The lowest BCUT2D eigenvalue weighted by Gasteiger charge is -2.57. The van der Waals surface area contributed by atoms with Crippen LogP contribution < -0.4 is 5.32 Å². The molecule has 6 rings (SSSR count). The van der Waals surface area contributed by atoms with E-state index in [0.29, 0.717) is 24.2 Å². The minimum absolute atomic E-state index is 0.0940. The van der Waals surface area contributed by atoms with Crippen LogP contribution in [0.3, 0.4) is 0 Å². The summed E-state index contributed by atoms with van der Waals surface area (Å²) in [7, 11) is 1.32. The molecule has 1 heterocycles. The van der Waals surface area contributed by atoms with Gasteiger partial charge in [0.1, 0.15) is 6.04 Å². The molecule has 3 saturated carbocycles. The average molecular weight is 562 g/mol. The fourth-order valence-electron chi connectivity index (χ4n) is 8.88. The molecule has 1 aromatic heterocycles. The fourth-order valence-corrected chi connectivity index (χ4v) is 8.88. The number of para-hydroxylation sites is 1. The highest BCUT2D eigenvalue weighted by Gasteiger charge is 2.58. The first-order valence-electron chi connectivity index (χ1n) is 15.2. The Labute approximate surface area is 241 Å². The number of H-pyrrole nitrogens is 1. The minimum atomic E-state index is -0.825. The van der Waals surface area contributed by atoms with Gasteiger partial charge in [-0.1, -0.05) is 42.8 Å². The Hall–Kier alpha value is -3.13. The summed E-state index contributed by atoms with van der Waals surface area (Å²) in [6.07, 6.45) is 12.8. The van der Waals surface area contributed by atoms with E-state index in [0.717, 1.165) is 60.7 Å². The second-order valence-electron chi connectivity index (χ2n) is 13.2. The van der Waals surface area contributed by atoms with E-state index in [4.69, 9.17) is 9.57 Å². The fraction of sp³-hybridized carbons (Fsp3) is 0.606. The highest BCUT2D eigenvalue weighted by molar-refractivity contribution is 5.96. The van der Waals surface area contributed by atoms with Crippen LogP contribution in [0.1, 0.15) is 70.8 Å². The Kier molecular flexibility index (Phi) is 7.47. The largest absolute Gasteiger partial charge is 0.467 e. The van der Waals surface area contributed by atoms with Crippen LogP contribution >= 0.6 is 0 Å². The molecule has 0 unspecified atom stereocenters. The number of aromatic amines is 1. The molecule has 41 heavy (non-hydrogen) atoms. The number of ether oxygens (including phenoxy) is 1. The van der Waals surface area contributed by atoms with E-state index in [1.807, 2.05) is 30.5 Å². The first-order valence-corrected chi connectivity index (χ1v) is 15.2. The predicted molar refractivity (Wildman–Crippen MR) is 157 cm³/mol. The maximum Gasteiger partial charge on any atom is 0.328 e. The highest BCUT2D eigenvalue weighted by Crippen LogP contribution is 2.65. The number of hydrogen-bond donors (Lipinski definition) is 3. The van der Waals surface area contributed by atoms with Gasteiger partial charge in [-0.05, 0) is 97.7 Å². The number of amides is 1. The minimum Gasteiger partial charge on any atom is -0.467 e. The van der Waals surface area contributed by atoms with Gasteiger partial charge >= 0.3 is 5.97 Å². The summed E-state index contributed by atoms with van der Waals surface area (Å²) in [5.74, 6) is 1.07. The lowest BCUT2D eigenvalue weighted by atomic mass is 9.47. The van der Waals surface area contributed by atoms with Crippen LogP contribution in [0.4, 0.5) is 0 Å². The lowest BCUT2D eigenvalue weighted by Crippen LogP contribution is -2.51. The zero-order chi connectivity index (χ0) is 28.8. The van der Waals surface area contributed by atoms with Gasteiger partial charge in [-0.2, -0.15) is 0 Å². The van der Waals surface area contributed by atoms with Crippen molar-refractivity contribution in [3.63, 3.8) is 0 Å². The third-order valence-corrected chi connectivity index (χ3v) is 11.2. The summed E-state index contributed by atoms with van der Waals surface area (Å²) in [4.78, 5) is 33.9. The number of esters is 1. The number of nitrogens with one attached hydrogen (secondary N) is 2. The quantitative estimate of drug-likeness (QED) is 0.323. The normalized spacial score (nSPS) is 34.2. The van der Waals surface area contributed by atoms with Crippen molar-refractivity contribution in [1.82, 2.24) is 10.3 Å². The highest BCUT2D eigenvalue weighted by atomic mass is 16.6. The summed E-state index contributed by atoms with van der Waals surface area (Å²) in [5.41, 5.74) is 4.51. The molecule has 4 aliphatic rings. The first kappa shape index (κ1) is 28.0. The van der Waals surface area contributed by atoms with Crippen molar-refractivity contribution in [3.05, 3.63) is 47.7 Å². The van der Waals surface area contributed by atoms with E-state index in [1.165, 1.54) is 25.5 Å². The number of aliphatic hydroxyl groups is 1. The van der Waals surface area contributed by atoms with Crippen molar-refractivity contribution in [2.45, 2.75) is 83.8 Å². The van der Waals surface area contributed by atoms with Gasteiger partial charge in [-0.15, -0.1) is 0 Å². The van der Waals surface area contributed by atoms with Gasteiger partial charge in [0.2, 0.25) is 0 Å². The number of carbonyl (C=O) groups is 2. The van der Waals surface area contributed by atoms with Crippen LogP contribution in [0, 0.1) is 28.6 Å². The number of nitrogens with zero attached hydrogens (tertiary/aromatic N) is 1. The molecule has 0 spiro atoms. The van der Waals surface area contributed by atoms with Crippen molar-refractivity contribution in [3.8, 4) is 0 Å². The van der Waals surface area contributed by atoms with Crippen LogP contribution in [0.5, 0.6) is 0 Å². The molecule has 0 bridgehead atoms. The van der Waals surface area contributed by atoms with E-state index in [-0.39, 0.29) is 23.5 Å². The number of methoxy groups -OCH3 is 1. The molecule has 1 aromatic carbocycles. The maximum atomic E-state index is 12.7. The van der Waals surface area contributed by atoms with Gasteiger partial charge in [0.25, 0.3) is 5.91 Å². The monoisotopic (exact) mass is 561 g/mol. The summed E-state index contributed by atoms with van der Waals surface area (Å²) >= 11 is 0. The molecule has 1 amide bonds. The maximum absolute atomic E-state index is 12.7. The van der Waals surface area contributed by atoms with Gasteiger partial charge < -0.3 is 25.0 Å². The number of benzene rings is 1. The van der Waals surface area contributed by atoms with Gasteiger partial charge in [-0.3, -0.25) is 4.79 Å². The molecule has 8 heteroatoms. The van der Waals surface area contributed by atoms with Crippen molar-refractivity contribution < 1.29 is 24.3 Å². The van der Waals surface area contributed by atoms with Crippen molar-refractivity contribution in [2.75, 3.05) is 13.7 Å². The number of allylic oxidation sites excluding steroid dienone is 2. The number of aromatic nitrogens is 1. The molecule has 8 nitrogen and oxygen atoms in total. The van der Waals surface area contributed by atoms with E-state index >= 15 is 0 Å². The van der Waals surface area contributed by atoms with E-state index in [1.54, 1.807) is 0 Å². The van der Waals surface area contributed by atoms with Crippen LogP contribution in [-0.4, -0.2) is 53.5 Å². The number of carbonyl (C=O) groups excluding carboxylic acids is 2. The van der Waals surface area contributed by atoms with E-state index in [2.05, 4.69) is 35.4 Å². The molecule has 7 atom stereocenters. The topological polar surface area (TPSA) is 113 Å². The van der Waals surface area contributed by atoms with E-state index < -0.39 is 17.9 Å². The molecule has 4 aliphatic carbocycles. The summed E-state index contributed by atoms with van der Waals surface area (Å²) < 4.78 is 4.95. The third kappa shape index (κ3) is 4.98. The standard InChI is InChI=1S/C33H43N3O5/c1-32-14-12-22(17-21(32)8-9-24-25-10-11-29(37)33(25,2)15-13-26(24)32)36-41-19-30(38)35-28(31(39)40-3)16-20-18-34-27-7-5-4-6-23(20)27/h4-7,17-18,24-26,28-29,34,37H,8-16,19H2,1-3H3,(H,35,38)/b36-22-/t24-,25-,26-,28-,29+,32-,33-/m0/s1. The molecule has 0 radical (unpaired) electrons. The SMILES string of the molecule is COC(=O)[C@H](Cc1c[nH]c2ccccc12)NC(=O)CO/N=C1\C=C2CC[C@H]3[C@@H]4CC[C@@H](O)[C@@]4(C)CC[C@@H]3[C@@]2(C)CC1. The molecular formula is C33H43N3O5. The van der Waals surface area contributed by atoms with Crippen molar-refractivity contribution in [1.29, 1.82) is 0 Å². The molecule has 2 aromatic rings. The Morgan fingerprint density at radius 2 is 1.95 bits per heavy atom. The van der Waals surface area contributed by atoms with Crippen LogP contribution in [-0.2, 0) is 25.6 Å². The van der Waals surface area contributed by atoms with Crippen LogP contribution in [0.15, 0.2) is 47.3 Å². The summed E-state index contributed by atoms with van der Waals surface area (Å²) in [6.45, 7) is 4.50. The van der Waals surface area contributed by atoms with Crippen molar-refractivity contribution >= 4 is 28.5 Å². The first-order chi connectivity index (χ1) is 19.7. The van der Waals surface area contributed by atoms with Crippen LogP contribution in [0.2, 0.25) is 0 Å². The predicted octanol–water partition coefficient (Wildman–Crippen LogP) is 5.06. The number of rotatable bonds is 7. The Morgan fingerprint density at radius 3 is 2.78 bits per heavy atom. The number of fused-ring (bicyclic) bond motifs is 6. The summed E-state index contributed by atoms with van der Waals surface area (Å²) in [6, 6.07) is 7.02. The van der Waals surface area contributed by atoms with Gasteiger partial charge in [0.15, 0.2) is 6.61 Å². The Bertz CT molecular complexity index is 1380. The van der Waals surface area contributed by atoms with E-state index in [9.17, 15) is 14.7 Å². The van der Waals surface area contributed by atoms with Gasteiger partial charge in [0, 0.05) is 23.5 Å². The zero-order valence-electron chi connectivity index (χ0n) is 24.4. The van der Waals surface area contributed by atoms with Crippen molar-refractivity contribution in [2.24, 2.45) is 33.7 Å². The summed E-state index contributed by atoms with van der Waals surface area (Å²) in [5, 5.41) is 18.8. The number of hydrogen-bond acceptors (Lipinski definition) is 6. The molecule has 3 fully saturated rings. The molecule has 0 aliphatic heterocycles. The molecule has 3 N–H and O–H groups in total.